The van der Waals surface area contributed by atoms with Gasteiger partial charge in [0.2, 0.25) is 0 Å². The van der Waals surface area contributed by atoms with E-state index in [1.165, 1.54) is 0 Å². The Balaban J connectivity index is 2.19. The zero-order valence-corrected chi connectivity index (χ0v) is 9.35. The Morgan fingerprint density at radius 3 is 2.65 bits per heavy atom. The van der Waals surface area contributed by atoms with Crippen LogP contribution in [-0.4, -0.2) is 10.2 Å². The first kappa shape index (κ1) is 10.1. The molecule has 0 radical (unpaired) electrons. The van der Waals surface area contributed by atoms with E-state index in [0.717, 1.165) is 27.7 Å². The van der Waals surface area contributed by atoms with Gasteiger partial charge in [-0.3, -0.25) is 5.10 Å². The van der Waals surface area contributed by atoms with E-state index in [2.05, 4.69) is 34.5 Å². The molecule has 3 heteroatoms. The summed E-state index contributed by atoms with van der Waals surface area (Å²) in [5, 5.41) is 8.56. The van der Waals surface area contributed by atoms with Gasteiger partial charge in [0, 0.05) is 17.5 Å². The van der Waals surface area contributed by atoms with Crippen molar-refractivity contribution < 1.29 is 0 Å². The Morgan fingerprint density at radius 2 is 1.88 bits per heavy atom. The molecule has 17 heavy (non-hydrogen) atoms. The van der Waals surface area contributed by atoms with E-state index >= 15 is 0 Å². The fraction of sp³-hybridized carbons (Fsp3) is 0.0714. The van der Waals surface area contributed by atoms with Crippen LogP contribution in [0.5, 0.6) is 0 Å². The van der Waals surface area contributed by atoms with E-state index < -0.39 is 0 Å². The van der Waals surface area contributed by atoms with Gasteiger partial charge in [-0.25, -0.2) is 0 Å². The highest BCUT2D eigenvalue weighted by Crippen LogP contribution is 2.26. The molecule has 0 aliphatic rings. The van der Waals surface area contributed by atoms with Gasteiger partial charge < -0.3 is 5.73 Å². The van der Waals surface area contributed by atoms with Crippen LogP contribution in [0.2, 0.25) is 0 Å². The molecule has 0 fully saturated rings. The topological polar surface area (TPSA) is 54.7 Å². The van der Waals surface area contributed by atoms with Crippen LogP contribution in [0, 0.1) is 0 Å². The second kappa shape index (κ2) is 4.03. The van der Waals surface area contributed by atoms with Gasteiger partial charge in [0.1, 0.15) is 0 Å². The summed E-state index contributed by atoms with van der Waals surface area (Å²) in [5.74, 6) is 0. The number of H-pyrrole nitrogens is 1. The predicted octanol–water partition coefficient (Wildman–Crippen LogP) is 2.69. The highest BCUT2D eigenvalue weighted by molar-refractivity contribution is 5.93. The molecule has 0 bridgehead atoms. The van der Waals surface area contributed by atoms with Crippen molar-refractivity contribution in [1.82, 2.24) is 10.2 Å². The number of nitrogens with two attached hydrogens (primary N) is 1. The molecule has 0 aliphatic carbocycles. The van der Waals surface area contributed by atoms with Crippen LogP contribution in [0.15, 0.2) is 48.5 Å². The Labute approximate surface area is 99.3 Å². The third kappa shape index (κ3) is 1.70. The van der Waals surface area contributed by atoms with Crippen molar-refractivity contribution in [1.29, 1.82) is 0 Å². The fourth-order valence-corrected chi connectivity index (χ4v) is 2.01. The Kier molecular flexibility index (Phi) is 2.38. The molecule has 0 saturated heterocycles. The maximum Gasteiger partial charge on any atom is 0.0999 e. The molecule has 3 rings (SSSR count). The number of aromatic nitrogens is 2. The van der Waals surface area contributed by atoms with Crippen LogP contribution in [0.25, 0.3) is 22.2 Å². The smallest absolute Gasteiger partial charge is 0.0999 e. The maximum absolute atomic E-state index is 5.62. The molecule has 0 saturated carbocycles. The molecule has 0 aliphatic heterocycles. The molecular weight excluding hydrogens is 210 g/mol. The molecule has 3 N–H and O–H groups in total. The fourth-order valence-electron chi connectivity index (χ4n) is 2.01. The molecule has 3 aromatic rings. The van der Waals surface area contributed by atoms with Crippen LogP contribution in [0.1, 0.15) is 5.56 Å². The number of aromatic amines is 1. The van der Waals surface area contributed by atoms with Crippen molar-refractivity contribution in [2.24, 2.45) is 5.73 Å². The summed E-state index contributed by atoms with van der Waals surface area (Å²) < 4.78 is 0. The first-order valence-electron chi connectivity index (χ1n) is 5.61. The maximum atomic E-state index is 5.62. The first-order chi connectivity index (χ1) is 8.38. The quantitative estimate of drug-likeness (QED) is 0.701. The number of fused-ring (bicyclic) bond motifs is 1. The van der Waals surface area contributed by atoms with Crippen LogP contribution < -0.4 is 5.73 Å². The van der Waals surface area contributed by atoms with Crippen LogP contribution in [-0.2, 0) is 6.54 Å². The SMILES string of the molecule is NCc1ccc2c(-c3ccccc3)n[nH]c2c1. The monoisotopic (exact) mass is 223 g/mol. The minimum Gasteiger partial charge on any atom is -0.326 e. The lowest BCUT2D eigenvalue weighted by molar-refractivity contribution is 1.07. The summed E-state index contributed by atoms with van der Waals surface area (Å²) in [5.41, 5.74) is 9.88. The zero-order valence-electron chi connectivity index (χ0n) is 9.35. The molecule has 3 nitrogen and oxygen atoms in total. The number of benzene rings is 2. The molecular formula is C14H13N3. The van der Waals surface area contributed by atoms with Crippen LogP contribution >= 0.6 is 0 Å². The van der Waals surface area contributed by atoms with Gasteiger partial charge in [-0.15, -0.1) is 0 Å². The Morgan fingerprint density at radius 1 is 1.06 bits per heavy atom. The average molecular weight is 223 g/mol. The predicted molar refractivity (Wildman–Crippen MR) is 69.4 cm³/mol. The van der Waals surface area contributed by atoms with Crippen LogP contribution in [0.4, 0.5) is 0 Å². The summed E-state index contributed by atoms with van der Waals surface area (Å²) >= 11 is 0. The highest BCUT2D eigenvalue weighted by Gasteiger charge is 2.07. The van der Waals surface area contributed by atoms with E-state index in [0.29, 0.717) is 6.54 Å². The number of hydrogen-bond donors (Lipinski definition) is 2. The van der Waals surface area contributed by atoms with Gasteiger partial charge in [0.25, 0.3) is 0 Å². The van der Waals surface area contributed by atoms with Crippen molar-refractivity contribution in [2.45, 2.75) is 6.54 Å². The number of nitrogens with one attached hydrogen (secondary N) is 1. The summed E-state index contributed by atoms with van der Waals surface area (Å²) in [6, 6.07) is 16.3. The van der Waals surface area contributed by atoms with Gasteiger partial charge in [-0.2, -0.15) is 5.10 Å². The van der Waals surface area contributed by atoms with Gasteiger partial charge in [0.05, 0.1) is 11.2 Å². The first-order valence-corrected chi connectivity index (χ1v) is 5.61. The van der Waals surface area contributed by atoms with E-state index in [1.54, 1.807) is 0 Å². The van der Waals surface area contributed by atoms with Gasteiger partial charge >= 0.3 is 0 Å². The van der Waals surface area contributed by atoms with Gasteiger partial charge in [-0.1, -0.05) is 42.5 Å². The number of nitrogens with zero attached hydrogens (tertiary/aromatic N) is 1. The Hall–Kier alpha value is -2.13. The number of rotatable bonds is 2. The van der Waals surface area contributed by atoms with E-state index in [1.807, 2.05) is 24.3 Å². The number of hydrogen-bond acceptors (Lipinski definition) is 2. The van der Waals surface area contributed by atoms with E-state index in [9.17, 15) is 0 Å². The summed E-state index contributed by atoms with van der Waals surface area (Å²) in [6.07, 6.45) is 0. The molecule has 1 heterocycles. The van der Waals surface area contributed by atoms with E-state index in [-0.39, 0.29) is 0 Å². The van der Waals surface area contributed by atoms with Crippen LogP contribution in [0.3, 0.4) is 0 Å². The minimum atomic E-state index is 0.551. The van der Waals surface area contributed by atoms with Crippen molar-refractivity contribution in [2.75, 3.05) is 0 Å². The normalized spacial score (nSPS) is 10.9. The zero-order chi connectivity index (χ0) is 11.7. The second-order valence-corrected chi connectivity index (χ2v) is 4.02. The molecule has 0 unspecified atom stereocenters. The third-order valence-electron chi connectivity index (χ3n) is 2.91. The molecule has 2 aromatic carbocycles. The lowest BCUT2D eigenvalue weighted by atomic mass is 10.1. The molecule has 1 aromatic heterocycles. The second-order valence-electron chi connectivity index (χ2n) is 4.02. The Bertz CT molecular complexity index is 641. The lowest BCUT2D eigenvalue weighted by Gasteiger charge is -1.98. The average Bonchev–Trinajstić information content (AvgIpc) is 2.82. The third-order valence-corrected chi connectivity index (χ3v) is 2.91. The molecule has 84 valence electrons. The standard InChI is InChI=1S/C14H13N3/c15-9-10-6-7-12-13(8-10)16-17-14(12)11-4-2-1-3-5-11/h1-8H,9,15H2,(H,16,17). The highest BCUT2D eigenvalue weighted by atomic mass is 15.1. The molecule has 0 amide bonds. The van der Waals surface area contributed by atoms with Crippen molar-refractivity contribution >= 4 is 10.9 Å². The summed E-state index contributed by atoms with van der Waals surface area (Å²) in [7, 11) is 0. The van der Waals surface area contributed by atoms with Gasteiger partial charge in [-0.05, 0) is 11.6 Å². The van der Waals surface area contributed by atoms with Gasteiger partial charge in [0.15, 0.2) is 0 Å². The molecule has 0 atom stereocenters. The molecule has 0 spiro atoms. The summed E-state index contributed by atoms with van der Waals surface area (Å²) in [4.78, 5) is 0. The lowest BCUT2D eigenvalue weighted by Crippen LogP contribution is -1.95. The summed E-state index contributed by atoms with van der Waals surface area (Å²) in [6.45, 7) is 0.551. The van der Waals surface area contributed by atoms with E-state index in [4.69, 9.17) is 5.73 Å². The van der Waals surface area contributed by atoms with Crippen molar-refractivity contribution in [3.8, 4) is 11.3 Å². The minimum absolute atomic E-state index is 0.551. The van der Waals surface area contributed by atoms with Crippen molar-refractivity contribution in [3.63, 3.8) is 0 Å². The largest absolute Gasteiger partial charge is 0.326 e. The van der Waals surface area contributed by atoms with Crippen molar-refractivity contribution in [3.05, 3.63) is 54.1 Å².